The number of benzene rings is 1. The predicted molar refractivity (Wildman–Crippen MR) is 84.6 cm³/mol. The van der Waals surface area contributed by atoms with Crippen molar-refractivity contribution in [2.75, 3.05) is 13.1 Å². The van der Waals surface area contributed by atoms with E-state index in [-0.39, 0.29) is 5.92 Å². The summed E-state index contributed by atoms with van der Waals surface area (Å²) < 4.78 is 0. The van der Waals surface area contributed by atoms with Crippen LogP contribution in [0.1, 0.15) is 46.1 Å². The lowest BCUT2D eigenvalue weighted by molar-refractivity contribution is -0.0911. The van der Waals surface area contributed by atoms with Gasteiger partial charge in [0.25, 0.3) is 0 Å². The molecule has 0 radical (unpaired) electrons. The fourth-order valence-corrected chi connectivity index (χ4v) is 3.33. The van der Waals surface area contributed by atoms with E-state index in [1.807, 2.05) is 18.2 Å². The molecule has 0 saturated carbocycles. The van der Waals surface area contributed by atoms with Gasteiger partial charge in [0.1, 0.15) is 0 Å². The Morgan fingerprint density at radius 3 is 2.50 bits per heavy atom. The van der Waals surface area contributed by atoms with Crippen molar-refractivity contribution >= 4 is 0 Å². The third-order valence-corrected chi connectivity index (χ3v) is 4.82. The van der Waals surface area contributed by atoms with Crippen LogP contribution in [0.15, 0.2) is 30.3 Å². The average Bonchev–Trinajstić information content (AvgIpc) is 2.42. The minimum absolute atomic E-state index is 0.272. The molecule has 2 rings (SSSR count). The fraction of sp³-hybridized carbons (Fsp3) is 0.667. The molecule has 1 aliphatic heterocycles. The molecule has 3 unspecified atom stereocenters. The minimum atomic E-state index is -0.672. The van der Waals surface area contributed by atoms with E-state index in [2.05, 4.69) is 44.7 Å². The van der Waals surface area contributed by atoms with Gasteiger partial charge < -0.3 is 10.0 Å². The Balaban J connectivity index is 2.09. The smallest absolute Gasteiger partial charge is 0.0948 e. The highest BCUT2D eigenvalue weighted by Gasteiger charge is 2.42. The van der Waals surface area contributed by atoms with Gasteiger partial charge in [-0.15, -0.1) is 0 Å². The van der Waals surface area contributed by atoms with Crippen LogP contribution in [0.2, 0.25) is 0 Å². The van der Waals surface area contributed by atoms with Crippen LogP contribution >= 0.6 is 0 Å². The van der Waals surface area contributed by atoms with Gasteiger partial charge >= 0.3 is 0 Å². The molecule has 1 N–H and O–H groups in total. The number of rotatable bonds is 4. The summed E-state index contributed by atoms with van der Waals surface area (Å²) in [6.07, 6.45) is 2.07. The molecule has 0 aliphatic carbocycles. The Morgan fingerprint density at radius 1 is 1.25 bits per heavy atom. The van der Waals surface area contributed by atoms with Crippen LogP contribution < -0.4 is 0 Å². The number of hydrogen-bond donors (Lipinski definition) is 1. The molecule has 20 heavy (non-hydrogen) atoms. The zero-order chi connectivity index (χ0) is 14.8. The summed E-state index contributed by atoms with van der Waals surface area (Å²) in [5, 5.41) is 11.2. The van der Waals surface area contributed by atoms with Crippen molar-refractivity contribution in [1.82, 2.24) is 4.90 Å². The lowest BCUT2D eigenvalue weighted by Gasteiger charge is -2.47. The van der Waals surface area contributed by atoms with Crippen molar-refractivity contribution in [2.24, 2.45) is 11.8 Å². The van der Waals surface area contributed by atoms with Crippen molar-refractivity contribution in [3.8, 4) is 0 Å². The third-order valence-electron chi connectivity index (χ3n) is 4.82. The second-order valence-corrected chi connectivity index (χ2v) is 6.92. The molecule has 0 spiro atoms. The van der Waals surface area contributed by atoms with Crippen molar-refractivity contribution in [2.45, 2.75) is 52.2 Å². The van der Waals surface area contributed by atoms with Crippen LogP contribution in [-0.4, -0.2) is 29.1 Å². The highest BCUT2D eigenvalue weighted by Crippen LogP contribution is 2.39. The molecule has 1 heterocycles. The molecule has 0 amide bonds. The van der Waals surface area contributed by atoms with Crippen LogP contribution in [0.5, 0.6) is 0 Å². The SMILES string of the molecule is CC(C)CCN1CC(C)C(O)(c2ccccc2)CC1C. The van der Waals surface area contributed by atoms with Crippen LogP contribution in [0.3, 0.4) is 0 Å². The van der Waals surface area contributed by atoms with Crippen LogP contribution in [0, 0.1) is 11.8 Å². The van der Waals surface area contributed by atoms with Crippen LogP contribution in [-0.2, 0) is 5.60 Å². The Labute approximate surface area is 123 Å². The first-order chi connectivity index (χ1) is 9.43. The molecule has 1 aliphatic rings. The second-order valence-electron chi connectivity index (χ2n) is 6.92. The average molecular weight is 275 g/mol. The molecule has 1 aromatic rings. The molecule has 2 nitrogen and oxygen atoms in total. The molecule has 112 valence electrons. The number of aliphatic hydroxyl groups is 1. The van der Waals surface area contributed by atoms with E-state index in [1.165, 1.54) is 6.42 Å². The van der Waals surface area contributed by atoms with Gasteiger partial charge in [-0.1, -0.05) is 51.1 Å². The molecule has 0 bridgehead atoms. The first-order valence-corrected chi connectivity index (χ1v) is 7.95. The number of hydrogen-bond acceptors (Lipinski definition) is 2. The summed E-state index contributed by atoms with van der Waals surface area (Å²) in [7, 11) is 0. The summed E-state index contributed by atoms with van der Waals surface area (Å²) in [5.41, 5.74) is 0.400. The quantitative estimate of drug-likeness (QED) is 0.906. The molecule has 2 heteroatoms. The maximum absolute atomic E-state index is 11.2. The van der Waals surface area contributed by atoms with Gasteiger partial charge in [0.15, 0.2) is 0 Å². The van der Waals surface area contributed by atoms with Crippen molar-refractivity contribution in [1.29, 1.82) is 0 Å². The van der Waals surface area contributed by atoms with E-state index in [1.54, 1.807) is 0 Å². The van der Waals surface area contributed by atoms with Crippen molar-refractivity contribution in [3.63, 3.8) is 0 Å². The Kier molecular flexibility index (Phi) is 4.87. The maximum atomic E-state index is 11.2. The topological polar surface area (TPSA) is 23.5 Å². The number of piperidine rings is 1. The van der Waals surface area contributed by atoms with Gasteiger partial charge in [0.05, 0.1) is 5.60 Å². The highest BCUT2D eigenvalue weighted by molar-refractivity contribution is 5.24. The molecule has 0 aromatic heterocycles. The summed E-state index contributed by atoms with van der Waals surface area (Å²) in [5.74, 6) is 1.01. The van der Waals surface area contributed by atoms with E-state index in [4.69, 9.17) is 0 Å². The number of nitrogens with zero attached hydrogens (tertiary/aromatic N) is 1. The van der Waals surface area contributed by atoms with Gasteiger partial charge in [-0.3, -0.25) is 0 Å². The summed E-state index contributed by atoms with van der Waals surface area (Å²) in [6, 6.07) is 10.6. The zero-order valence-electron chi connectivity index (χ0n) is 13.3. The van der Waals surface area contributed by atoms with Crippen molar-refractivity contribution in [3.05, 3.63) is 35.9 Å². The zero-order valence-corrected chi connectivity index (χ0v) is 13.3. The molecule has 1 aromatic carbocycles. The normalized spacial score (nSPS) is 31.7. The second kappa shape index (κ2) is 6.28. The van der Waals surface area contributed by atoms with E-state index in [0.29, 0.717) is 6.04 Å². The van der Waals surface area contributed by atoms with E-state index < -0.39 is 5.60 Å². The van der Waals surface area contributed by atoms with E-state index in [9.17, 15) is 5.11 Å². The van der Waals surface area contributed by atoms with Crippen molar-refractivity contribution < 1.29 is 5.11 Å². The first kappa shape index (κ1) is 15.5. The van der Waals surface area contributed by atoms with Gasteiger partial charge in [0, 0.05) is 18.5 Å². The summed E-state index contributed by atoms with van der Waals surface area (Å²) in [6.45, 7) is 11.1. The summed E-state index contributed by atoms with van der Waals surface area (Å²) >= 11 is 0. The van der Waals surface area contributed by atoms with Crippen LogP contribution in [0.4, 0.5) is 0 Å². The van der Waals surface area contributed by atoms with Gasteiger partial charge in [0.2, 0.25) is 0 Å². The highest BCUT2D eigenvalue weighted by atomic mass is 16.3. The predicted octanol–water partition coefficient (Wildman–Crippen LogP) is 3.65. The summed E-state index contributed by atoms with van der Waals surface area (Å²) in [4.78, 5) is 2.54. The minimum Gasteiger partial charge on any atom is -0.385 e. The molecular weight excluding hydrogens is 246 g/mol. The molecule has 1 saturated heterocycles. The van der Waals surface area contributed by atoms with E-state index in [0.717, 1.165) is 31.0 Å². The third kappa shape index (κ3) is 3.24. The standard InChI is InChI=1S/C18H29NO/c1-14(2)10-11-19-13-15(3)18(20,12-16(19)4)17-8-6-5-7-9-17/h5-9,14-16,20H,10-13H2,1-4H3. The lowest BCUT2D eigenvalue weighted by atomic mass is 9.74. The van der Waals surface area contributed by atoms with Crippen LogP contribution in [0.25, 0.3) is 0 Å². The van der Waals surface area contributed by atoms with Gasteiger partial charge in [-0.05, 0) is 37.8 Å². The lowest BCUT2D eigenvalue weighted by Crippen LogP contribution is -2.53. The van der Waals surface area contributed by atoms with Gasteiger partial charge in [-0.25, -0.2) is 0 Å². The molecular formula is C18H29NO. The van der Waals surface area contributed by atoms with E-state index >= 15 is 0 Å². The monoisotopic (exact) mass is 275 g/mol. The largest absolute Gasteiger partial charge is 0.385 e. The Bertz CT molecular complexity index is 417. The van der Waals surface area contributed by atoms with Gasteiger partial charge in [-0.2, -0.15) is 0 Å². The fourth-order valence-electron chi connectivity index (χ4n) is 3.33. The number of likely N-dealkylation sites (tertiary alicyclic amines) is 1. The Morgan fingerprint density at radius 2 is 1.90 bits per heavy atom. The Hall–Kier alpha value is -0.860. The maximum Gasteiger partial charge on any atom is 0.0948 e. The molecule has 3 atom stereocenters. The molecule has 1 fully saturated rings. The first-order valence-electron chi connectivity index (χ1n) is 7.95.